The molecule has 1 amide bonds. The molecule has 1 atom stereocenters. The third kappa shape index (κ3) is 3.27. The minimum absolute atomic E-state index is 0.0535. The van der Waals surface area contributed by atoms with Gasteiger partial charge in [-0.3, -0.25) is 9.78 Å². The van der Waals surface area contributed by atoms with Crippen LogP contribution in [0.2, 0.25) is 0 Å². The summed E-state index contributed by atoms with van der Waals surface area (Å²) in [4.78, 5) is 17.7. The first kappa shape index (κ1) is 16.6. The monoisotopic (exact) mass is 346 g/mol. The van der Waals surface area contributed by atoms with Crippen molar-refractivity contribution in [3.63, 3.8) is 0 Å². The highest BCUT2D eigenvalue weighted by atomic mass is 16.5. The number of aryl methyl sites for hydroxylation is 1. The Labute approximate surface area is 153 Å². The summed E-state index contributed by atoms with van der Waals surface area (Å²) >= 11 is 0. The van der Waals surface area contributed by atoms with Crippen LogP contribution in [0.5, 0.6) is 5.75 Å². The fraction of sp³-hybridized carbons (Fsp3) is 0.273. The lowest BCUT2D eigenvalue weighted by Gasteiger charge is -2.19. The van der Waals surface area contributed by atoms with Crippen molar-refractivity contribution in [3.05, 3.63) is 71.4 Å². The minimum Gasteiger partial charge on any atom is -0.497 e. The van der Waals surface area contributed by atoms with Gasteiger partial charge in [0.15, 0.2) is 0 Å². The van der Waals surface area contributed by atoms with Gasteiger partial charge in [0.2, 0.25) is 0 Å². The van der Waals surface area contributed by atoms with Gasteiger partial charge in [0.05, 0.1) is 24.2 Å². The van der Waals surface area contributed by atoms with Crippen LogP contribution in [0.4, 0.5) is 0 Å². The van der Waals surface area contributed by atoms with E-state index in [-0.39, 0.29) is 11.9 Å². The van der Waals surface area contributed by atoms with Gasteiger partial charge in [-0.1, -0.05) is 30.3 Å². The molecule has 1 N–H and O–H groups in total. The first-order valence-corrected chi connectivity index (χ1v) is 8.97. The lowest BCUT2D eigenvalue weighted by atomic mass is 10.0. The molecule has 0 radical (unpaired) electrons. The highest BCUT2D eigenvalue weighted by Gasteiger charge is 2.33. The van der Waals surface area contributed by atoms with E-state index < -0.39 is 0 Å². The van der Waals surface area contributed by atoms with Crippen LogP contribution < -0.4 is 10.1 Å². The summed E-state index contributed by atoms with van der Waals surface area (Å²) in [6.45, 7) is 1.91. The van der Waals surface area contributed by atoms with Crippen molar-refractivity contribution in [1.29, 1.82) is 0 Å². The molecular formula is C22H22N2O2. The van der Waals surface area contributed by atoms with Crippen molar-refractivity contribution in [2.75, 3.05) is 7.11 Å². The molecule has 0 saturated heterocycles. The van der Waals surface area contributed by atoms with E-state index in [0.717, 1.165) is 40.8 Å². The molecule has 4 nitrogen and oxygen atoms in total. The molecule has 4 heteroatoms. The number of carbonyl (C=O) groups is 1. The average Bonchev–Trinajstić information content (AvgIpc) is 3.50. The maximum Gasteiger partial charge on any atom is 0.252 e. The fourth-order valence-electron chi connectivity index (χ4n) is 3.43. The van der Waals surface area contributed by atoms with E-state index >= 15 is 0 Å². The van der Waals surface area contributed by atoms with Crippen LogP contribution in [0.15, 0.2) is 54.6 Å². The van der Waals surface area contributed by atoms with Crippen LogP contribution in [0.1, 0.15) is 40.5 Å². The molecule has 1 aliphatic rings. The third-order valence-electron chi connectivity index (χ3n) is 4.93. The molecule has 0 spiro atoms. The Bertz CT molecular complexity index is 949. The Balaban J connectivity index is 1.71. The molecule has 1 saturated carbocycles. The van der Waals surface area contributed by atoms with Crippen LogP contribution in [-0.4, -0.2) is 18.0 Å². The number of fused-ring (bicyclic) bond motifs is 1. The van der Waals surface area contributed by atoms with Crippen LogP contribution in [0.3, 0.4) is 0 Å². The Morgan fingerprint density at radius 1 is 1.15 bits per heavy atom. The molecule has 1 aliphatic carbocycles. The molecule has 0 bridgehead atoms. The number of pyridine rings is 1. The lowest BCUT2D eigenvalue weighted by molar-refractivity contribution is 0.0933. The van der Waals surface area contributed by atoms with Gasteiger partial charge in [0, 0.05) is 11.1 Å². The minimum atomic E-state index is -0.0606. The van der Waals surface area contributed by atoms with Gasteiger partial charge in [0.1, 0.15) is 5.75 Å². The summed E-state index contributed by atoms with van der Waals surface area (Å²) in [5.74, 6) is 1.18. The van der Waals surface area contributed by atoms with Crippen molar-refractivity contribution in [2.45, 2.75) is 25.8 Å². The lowest BCUT2D eigenvalue weighted by Crippen LogP contribution is -2.30. The summed E-state index contributed by atoms with van der Waals surface area (Å²) in [7, 11) is 1.63. The number of benzene rings is 2. The van der Waals surface area contributed by atoms with Gasteiger partial charge >= 0.3 is 0 Å². The van der Waals surface area contributed by atoms with E-state index in [1.54, 1.807) is 7.11 Å². The molecule has 2 aromatic carbocycles. The van der Waals surface area contributed by atoms with Gasteiger partial charge in [-0.2, -0.15) is 0 Å². The number of rotatable bonds is 5. The maximum atomic E-state index is 13.1. The molecule has 1 fully saturated rings. The Kier molecular flexibility index (Phi) is 4.33. The highest BCUT2D eigenvalue weighted by Crippen LogP contribution is 2.41. The molecule has 132 valence electrons. The number of aromatic nitrogens is 1. The number of carbonyl (C=O) groups excluding carboxylic acids is 1. The zero-order chi connectivity index (χ0) is 18.1. The van der Waals surface area contributed by atoms with Crippen LogP contribution in [0.25, 0.3) is 10.9 Å². The van der Waals surface area contributed by atoms with Gasteiger partial charge in [-0.15, -0.1) is 0 Å². The van der Waals surface area contributed by atoms with E-state index in [1.807, 2.05) is 49.4 Å². The number of nitrogens with zero attached hydrogens (tertiary/aromatic N) is 1. The maximum absolute atomic E-state index is 13.1. The van der Waals surface area contributed by atoms with Gasteiger partial charge in [-0.25, -0.2) is 0 Å². The first-order valence-electron chi connectivity index (χ1n) is 8.97. The molecule has 26 heavy (non-hydrogen) atoms. The summed E-state index contributed by atoms with van der Waals surface area (Å²) in [5, 5.41) is 4.08. The van der Waals surface area contributed by atoms with E-state index in [4.69, 9.17) is 4.74 Å². The van der Waals surface area contributed by atoms with E-state index in [9.17, 15) is 4.79 Å². The van der Waals surface area contributed by atoms with E-state index in [0.29, 0.717) is 11.5 Å². The smallest absolute Gasteiger partial charge is 0.252 e. The highest BCUT2D eigenvalue weighted by molar-refractivity contribution is 6.06. The van der Waals surface area contributed by atoms with Crippen LogP contribution in [-0.2, 0) is 0 Å². The number of methoxy groups -OCH3 is 1. The normalized spacial score (nSPS) is 14.8. The fourth-order valence-corrected chi connectivity index (χ4v) is 3.43. The third-order valence-corrected chi connectivity index (χ3v) is 4.93. The predicted octanol–water partition coefficient (Wildman–Crippen LogP) is 4.43. The molecule has 1 aromatic heterocycles. The SMILES string of the molecule is COc1ccc2nc(C)cc(C(=O)N[C@@H](c3ccccc3)C3CC3)c2c1. The number of hydrogen-bond donors (Lipinski definition) is 1. The Morgan fingerprint density at radius 3 is 2.62 bits per heavy atom. The molecule has 3 aromatic rings. The first-order chi connectivity index (χ1) is 12.7. The second-order valence-electron chi connectivity index (χ2n) is 6.89. The summed E-state index contributed by atoms with van der Waals surface area (Å²) in [6, 6.07) is 17.8. The van der Waals surface area contributed by atoms with Crippen molar-refractivity contribution in [3.8, 4) is 5.75 Å². The number of ether oxygens (including phenoxy) is 1. The largest absolute Gasteiger partial charge is 0.497 e. The van der Waals surface area contributed by atoms with Gasteiger partial charge in [0.25, 0.3) is 5.91 Å². The molecule has 0 unspecified atom stereocenters. The van der Waals surface area contributed by atoms with Crippen LogP contribution >= 0.6 is 0 Å². The topological polar surface area (TPSA) is 51.2 Å². The summed E-state index contributed by atoms with van der Waals surface area (Å²) < 4.78 is 5.33. The molecule has 0 aliphatic heterocycles. The second-order valence-corrected chi connectivity index (χ2v) is 6.89. The standard InChI is InChI=1S/C22H22N2O2/c1-14-12-19(18-13-17(26-2)10-11-20(18)23-14)22(25)24-21(16-8-9-16)15-6-4-3-5-7-15/h3-7,10-13,16,21H,8-9H2,1-2H3,(H,24,25)/t21-/m0/s1. The molecule has 1 heterocycles. The Morgan fingerprint density at radius 2 is 1.92 bits per heavy atom. The van der Waals surface area contributed by atoms with Crippen LogP contribution in [0, 0.1) is 12.8 Å². The zero-order valence-corrected chi connectivity index (χ0v) is 15.0. The van der Waals surface area contributed by atoms with Crippen molar-refractivity contribution < 1.29 is 9.53 Å². The number of amides is 1. The number of nitrogens with one attached hydrogen (secondary N) is 1. The van der Waals surface area contributed by atoms with Crippen molar-refractivity contribution >= 4 is 16.8 Å². The summed E-state index contributed by atoms with van der Waals surface area (Å²) in [6.07, 6.45) is 2.31. The van der Waals surface area contributed by atoms with Crippen molar-refractivity contribution in [2.24, 2.45) is 5.92 Å². The van der Waals surface area contributed by atoms with Gasteiger partial charge in [-0.05, 0) is 55.5 Å². The van der Waals surface area contributed by atoms with E-state index in [1.165, 1.54) is 0 Å². The van der Waals surface area contributed by atoms with Crippen molar-refractivity contribution in [1.82, 2.24) is 10.3 Å². The second kappa shape index (κ2) is 6.79. The van der Waals surface area contributed by atoms with Gasteiger partial charge < -0.3 is 10.1 Å². The Hall–Kier alpha value is -2.88. The zero-order valence-electron chi connectivity index (χ0n) is 15.0. The van der Waals surface area contributed by atoms with E-state index in [2.05, 4.69) is 22.4 Å². The average molecular weight is 346 g/mol. The quantitative estimate of drug-likeness (QED) is 0.743. The number of hydrogen-bond acceptors (Lipinski definition) is 3. The predicted molar refractivity (Wildman–Crippen MR) is 102 cm³/mol. The summed E-state index contributed by atoms with van der Waals surface area (Å²) in [5.41, 5.74) is 3.44. The molecule has 4 rings (SSSR count). The molecular weight excluding hydrogens is 324 g/mol.